The van der Waals surface area contributed by atoms with Gasteiger partial charge in [-0.25, -0.2) is 4.79 Å². The largest absolute Gasteiger partial charge is 0.746 e. The molecular weight excluding hydrogens is 607 g/mol. The summed E-state index contributed by atoms with van der Waals surface area (Å²) < 4.78 is 17.2. The van der Waals surface area contributed by atoms with E-state index in [9.17, 15) is 28.7 Å². The summed E-state index contributed by atoms with van der Waals surface area (Å²) in [6.45, 7) is 7.03. The summed E-state index contributed by atoms with van der Waals surface area (Å²) in [5.41, 5.74) is 1.21. The Balaban J connectivity index is 0.967. The van der Waals surface area contributed by atoms with E-state index >= 15 is 0 Å². The number of amides is 4. The molecule has 44 heavy (non-hydrogen) atoms. The fourth-order valence-electron chi connectivity index (χ4n) is 6.73. The molecule has 4 amide bonds. The molecule has 2 bridgehead atoms. The number of carbonyl (C=O) groups is 3. The molecule has 15 heteroatoms. The molecule has 0 radical (unpaired) electrons. The zero-order valence-electron chi connectivity index (χ0n) is 25.1. The molecule has 0 aromatic heterocycles. The molecule has 0 spiro atoms. The minimum atomic E-state index is -4.97. The predicted octanol–water partition coefficient (Wildman–Crippen LogP) is 1.51. The highest BCUT2D eigenvalue weighted by Crippen LogP contribution is 2.38. The van der Waals surface area contributed by atoms with Gasteiger partial charge in [-0.05, 0) is 43.9 Å². The summed E-state index contributed by atoms with van der Waals surface area (Å²) in [6, 6.07) is 5.18. The standard InChI is InChI=1S/C29H45N6O7PS/c36-26(7-4-3-6-25-28-23(20-44-25)32-29(38)33-28)30-11-5-1-2-8-27(37)31-22-9-10-24(42-43(39,40)41)21(18-22)19-35-15-12-34(13-16-35)14-17-35/h9-10,18,23,25,28H,1-8,11-17,19-20H2,(H5-,30,31,32,33,36,37,38,39,40,41). The Morgan fingerprint density at radius 2 is 1.80 bits per heavy atom. The van der Waals surface area contributed by atoms with Gasteiger partial charge in [0.2, 0.25) is 11.8 Å². The first-order valence-corrected chi connectivity index (χ1v) is 18.3. The molecule has 4 atom stereocenters. The van der Waals surface area contributed by atoms with E-state index in [0.29, 0.717) is 48.9 Å². The van der Waals surface area contributed by atoms with E-state index in [1.807, 2.05) is 11.8 Å². The zero-order valence-corrected chi connectivity index (χ0v) is 26.8. The molecule has 6 rings (SSSR count). The van der Waals surface area contributed by atoms with Crippen molar-refractivity contribution in [2.75, 3.05) is 56.9 Å². The number of fused-ring (bicyclic) bond motifs is 4. The van der Waals surface area contributed by atoms with E-state index in [-0.39, 0.29) is 35.7 Å². The van der Waals surface area contributed by atoms with Gasteiger partial charge in [-0.1, -0.05) is 12.8 Å². The number of phosphoric acid groups is 1. The average Bonchev–Trinajstić information content (AvgIpc) is 3.53. The first-order valence-electron chi connectivity index (χ1n) is 15.8. The number of rotatable bonds is 16. The van der Waals surface area contributed by atoms with Crippen LogP contribution in [0.5, 0.6) is 5.75 Å². The molecule has 5 N–H and O–H groups in total. The monoisotopic (exact) mass is 652 g/mol. The van der Waals surface area contributed by atoms with Crippen LogP contribution in [0.25, 0.3) is 0 Å². The molecule has 1 aromatic carbocycles. The van der Waals surface area contributed by atoms with E-state index in [1.165, 1.54) is 6.07 Å². The van der Waals surface area contributed by atoms with Gasteiger partial charge in [-0.2, -0.15) is 11.8 Å². The maximum atomic E-state index is 12.6. The van der Waals surface area contributed by atoms with E-state index in [1.54, 1.807) is 12.1 Å². The number of unbranched alkanes of at least 4 members (excludes halogenated alkanes) is 3. The number of nitrogens with one attached hydrogen (secondary N) is 4. The number of phosphoric ester groups is 1. The van der Waals surface area contributed by atoms with Crippen LogP contribution in [0.1, 0.15) is 56.9 Å². The number of nitrogens with zero attached hydrogens (tertiary/aromatic N) is 2. The molecule has 5 aliphatic rings. The third kappa shape index (κ3) is 9.34. The fraction of sp³-hybridized carbons (Fsp3) is 0.690. The Kier molecular flexibility index (Phi) is 11.1. The van der Waals surface area contributed by atoms with Crippen LogP contribution in [0.3, 0.4) is 0 Å². The second-order valence-corrected chi connectivity index (χ2v) is 14.9. The third-order valence-corrected chi connectivity index (χ3v) is 11.2. The topological polar surface area (TPSA) is 172 Å². The van der Waals surface area contributed by atoms with Crippen LogP contribution in [-0.2, 0) is 20.7 Å². The molecule has 5 aliphatic heterocycles. The second-order valence-electron chi connectivity index (χ2n) is 12.5. The fourth-order valence-corrected chi connectivity index (χ4v) is 8.70. The number of quaternary nitrogens is 1. The van der Waals surface area contributed by atoms with Crippen LogP contribution in [0.15, 0.2) is 18.2 Å². The molecule has 1 aromatic rings. The minimum Gasteiger partial charge on any atom is -0.746 e. The van der Waals surface area contributed by atoms with Gasteiger partial charge in [-0.3, -0.25) is 19.1 Å². The maximum absolute atomic E-state index is 12.6. The normalized spacial score (nSPS) is 28.5. The summed E-state index contributed by atoms with van der Waals surface area (Å²) >= 11 is 1.89. The van der Waals surface area contributed by atoms with Crippen LogP contribution in [-0.4, -0.2) is 101 Å². The van der Waals surface area contributed by atoms with Crippen molar-refractivity contribution in [2.24, 2.45) is 0 Å². The highest BCUT2D eigenvalue weighted by molar-refractivity contribution is 8.00. The van der Waals surface area contributed by atoms with Crippen LogP contribution in [0.4, 0.5) is 10.5 Å². The van der Waals surface area contributed by atoms with E-state index in [2.05, 4.69) is 26.2 Å². The Labute approximate surface area is 263 Å². The summed E-state index contributed by atoms with van der Waals surface area (Å²) in [6.07, 6.45) is 5.88. The van der Waals surface area contributed by atoms with Crippen LogP contribution >= 0.6 is 19.6 Å². The third-order valence-electron chi connectivity index (χ3n) is 9.22. The van der Waals surface area contributed by atoms with E-state index < -0.39 is 7.82 Å². The van der Waals surface area contributed by atoms with Crippen molar-refractivity contribution < 1.29 is 37.7 Å². The van der Waals surface area contributed by atoms with Crippen molar-refractivity contribution >= 4 is 43.1 Å². The lowest BCUT2D eigenvalue weighted by Crippen LogP contribution is -2.66. The number of hydrogen-bond acceptors (Lipinski definition) is 8. The van der Waals surface area contributed by atoms with Crippen LogP contribution < -0.4 is 30.7 Å². The lowest BCUT2D eigenvalue weighted by atomic mass is 10.0. The first-order chi connectivity index (χ1) is 21.1. The van der Waals surface area contributed by atoms with E-state index in [0.717, 1.165) is 81.6 Å². The highest BCUT2D eigenvalue weighted by Gasteiger charge is 2.42. The van der Waals surface area contributed by atoms with Gasteiger partial charge in [0, 0.05) is 55.7 Å². The molecular formula is C29H45N6O7PS. The number of benzene rings is 1. The summed E-state index contributed by atoms with van der Waals surface area (Å²) in [5, 5.41) is 12.2. The second kappa shape index (κ2) is 14.8. The van der Waals surface area contributed by atoms with Crippen molar-refractivity contribution in [2.45, 2.75) is 75.2 Å². The number of piperazine rings is 3. The van der Waals surface area contributed by atoms with Gasteiger partial charge in [0.15, 0.2) is 0 Å². The molecule has 5 saturated heterocycles. The van der Waals surface area contributed by atoms with Crippen molar-refractivity contribution in [1.29, 1.82) is 0 Å². The molecule has 13 nitrogen and oxygen atoms in total. The maximum Gasteiger partial charge on any atom is 0.317 e. The van der Waals surface area contributed by atoms with E-state index in [4.69, 9.17) is 4.52 Å². The molecule has 5 fully saturated rings. The molecule has 0 saturated carbocycles. The van der Waals surface area contributed by atoms with Crippen molar-refractivity contribution in [1.82, 2.24) is 20.9 Å². The van der Waals surface area contributed by atoms with Gasteiger partial charge < -0.3 is 40.1 Å². The molecule has 0 aliphatic carbocycles. The highest BCUT2D eigenvalue weighted by atomic mass is 32.2. The summed E-state index contributed by atoms with van der Waals surface area (Å²) in [5.74, 6) is 0.946. The van der Waals surface area contributed by atoms with Gasteiger partial charge >= 0.3 is 13.9 Å². The predicted molar refractivity (Wildman–Crippen MR) is 166 cm³/mol. The lowest BCUT2D eigenvalue weighted by molar-refractivity contribution is -0.953. The van der Waals surface area contributed by atoms with Gasteiger partial charge in [0.05, 0.1) is 37.3 Å². The van der Waals surface area contributed by atoms with Crippen molar-refractivity contribution in [3.63, 3.8) is 0 Å². The number of hydrogen-bond donors (Lipinski definition) is 5. The van der Waals surface area contributed by atoms with Crippen molar-refractivity contribution in [3.8, 4) is 5.75 Å². The number of carbonyl (C=O) groups excluding carboxylic acids is 3. The van der Waals surface area contributed by atoms with Gasteiger partial charge in [0.25, 0.3) is 0 Å². The SMILES string of the molecule is O=C(CCCCC1SCC2NC(=O)NC21)NCCCCCC(=O)Nc1ccc(OP(=O)([O-])O)c(C[N+]23CCN(CC2)CC3)c1. The molecule has 4 unspecified atom stereocenters. The summed E-state index contributed by atoms with van der Waals surface area (Å²) in [4.78, 5) is 59.5. The lowest BCUT2D eigenvalue weighted by Gasteiger charge is -2.50. The summed E-state index contributed by atoms with van der Waals surface area (Å²) in [7, 11) is -4.97. The molecule has 244 valence electrons. The zero-order chi connectivity index (χ0) is 31.2. The number of thioether (sulfide) groups is 1. The van der Waals surface area contributed by atoms with Crippen LogP contribution in [0.2, 0.25) is 0 Å². The number of anilines is 1. The van der Waals surface area contributed by atoms with Crippen molar-refractivity contribution in [3.05, 3.63) is 23.8 Å². The first kappa shape index (κ1) is 33.0. The van der Waals surface area contributed by atoms with Gasteiger partial charge in [0.1, 0.15) is 12.3 Å². The Morgan fingerprint density at radius 1 is 1.07 bits per heavy atom. The van der Waals surface area contributed by atoms with Gasteiger partial charge in [-0.15, -0.1) is 0 Å². The molecule has 5 heterocycles. The Bertz CT molecular complexity index is 1230. The average molecular weight is 653 g/mol. The Morgan fingerprint density at radius 3 is 2.55 bits per heavy atom. The number of urea groups is 1. The smallest absolute Gasteiger partial charge is 0.317 e. The Hall–Kier alpha value is -2.35. The minimum absolute atomic E-state index is 0.0465. The quantitative estimate of drug-likeness (QED) is 0.0768. The van der Waals surface area contributed by atoms with Crippen LogP contribution in [0, 0.1) is 0 Å².